The number of carbonyl (C=O) groups is 2. The predicted molar refractivity (Wildman–Crippen MR) is 90.2 cm³/mol. The smallest absolute Gasteiger partial charge is 0.305 e. The summed E-state index contributed by atoms with van der Waals surface area (Å²) in [7, 11) is 1.66. The zero-order chi connectivity index (χ0) is 17.3. The molecule has 1 unspecified atom stereocenters. The van der Waals surface area contributed by atoms with Crippen LogP contribution in [0.2, 0.25) is 0 Å². The second kappa shape index (κ2) is 15.8. The molecular weight excluding hydrogens is 296 g/mol. The Morgan fingerprint density at radius 3 is 2.13 bits per heavy atom. The number of hydrogen-bond acceptors (Lipinski definition) is 5. The minimum atomic E-state index is -0.192. The topological polar surface area (TPSA) is 61.8 Å². The monoisotopic (exact) mass is 330 g/mol. The second-order valence-electron chi connectivity index (χ2n) is 6.06. The quantitative estimate of drug-likeness (QED) is 0.337. The van der Waals surface area contributed by atoms with Crippen LogP contribution in [0, 0.1) is 5.92 Å². The summed E-state index contributed by atoms with van der Waals surface area (Å²) < 4.78 is 15.3. The molecule has 0 radical (unpaired) electrons. The third-order valence-electron chi connectivity index (χ3n) is 3.62. The molecule has 0 bridgehead atoms. The Morgan fingerprint density at radius 1 is 0.870 bits per heavy atom. The summed E-state index contributed by atoms with van der Waals surface area (Å²) in [5.74, 6) is -0.0492. The zero-order valence-corrected chi connectivity index (χ0v) is 15.1. The summed E-state index contributed by atoms with van der Waals surface area (Å²) in [6.07, 6.45) is 7.36. The highest BCUT2D eigenvalue weighted by Gasteiger charge is 2.08. The molecule has 1 atom stereocenters. The van der Waals surface area contributed by atoms with Crippen molar-refractivity contribution in [1.29, 1.82) is 0 Å². The van der Waals surface area contributed by atoms with Crippen LogP contribution in [0.4, 0.5) is 0 Å². The van der Waals surface area contributed by atoms with Crippen LogP contribution < -0.4 is 0 Å². The molecule has 0 amide bonds. The van der Waals surface area contributed by atoms with E-state index in [-0.39, 0.29) is 11.9 Å². The van der Waals surface area contributed by atoms with Crippen molar-refractivity contribution >= 4 is 11.9 Å². The Morgan fingerprint density at radius 2 is 1.52 bits per heavy atom. The van der Waals surface area contributed by atoms with Crippen molar-refractivity contribution in [1.82, 2.24) is 0 Å². The van der Waals surface area contributed by atoms with Crippen LogP contribution >= 0.6 is 0 Å². The van der Waals surface area contributed by atoms with Crippen molar-refractivity contribution in [2.75, 3.05) is 26.9 Å². The van der Waals surface area contributed by atoms with Gasteiger partial charge in [-0.1, -0.05) is 33.1 Å². The first-order valence-electron chi connectivity index (χ1n) is 8.90. The van der Waals surface area contributed by atoms with E-state index in [2.05, 4.69) is 6.92 Å². The van der Waals surface area contributed by atoms with Crippen LogP contribution in [0.3, 0.4) is 0 Å². The summed E-state index contributed by atoms with van der Waals surface area (Å²) in [4.78, 5) is 23.1. The van der Waals surface area contributed by atoms with E-state index in [0.717, 1.165) is 19.3 Å². The molecule has 5 nitrogen and oxygen atoms in total. The van der Waals surface area contributed by atoms with Crippen molar-refractivity contribution in [3.63, 3.8) is 0 Å². The van der Waals surface area contributed by atoms with E-state index in [9.17, 15) is 9.59 Å². The highest BCUT2D eigenvalue weighted by atomic mass is 16.5. The fourth-order valence-corrected chi connectivity index (χ4v) is 2.04. The van der Waals surface area contributed by atoms with Gasteiger partial charge in [0.1, 0.15) is 0 Å². The molecule has 5 heteroatoms. The first kappa shape index (κ1) is 21.9. The van der Waals surface area contributed by atoms with Gasteiger partial charge in [-0.25, -0.2) is 0 Å². The number of rotatable bonds is 15. The fourth-order valence-electron chi connectivity index (χ4n) is 2.04. The number of hydrogen-bond donors (Lipinski definition) is 0. The maximum absolute atomic E-state index is 11.6. The minimum Gasteiger partial charge on any atom is -0.466 e. The zero-order valence-electron chi connectivity index (χ0n) is 15.1. The fraction of sp³-hybridized carbons (Fsp3) is 0.889. The van der Waals surface area contributed by atoms with E-state index in [1.807, 2.05) is 6.92 Å². The molecule has 0 spiro atoms. The van der Waals surface area contributed by atoms with Crippen molar-refractivity contribution in [2.45, 2.75) is 71.6 Å². The molecule has 0 aliphatic rings. The normalized spacial score (nSPS) is 12.0. The molecule has 0 saturated heterocycles. The van der Waals surface area contributed by atoms with E-state index in [1.165, 1.54) is 12.8 Å². The highest BCUT2D eigenvalue weighted by molar-refractivity contribution is 5.70. The molecule has 0 aliphatic heterocycles. The number of ether oxygens (including phenoxy) is 3. The standard InChI is InChI=1S/C18H34O5/c1-4-5-6-9-13-22-17(19)10-7-8-11-18(20)23-15-16(2)12-14-21-3/h16H,4-15H2,1-3H3. The van der Waals surface area contributed by atoms with E-state index in [4.69, 9.17) is 14.2 Å². The van der Waals surface area contributed by atoms with Crippen LogP contribution in [0.1, 0.15) is 71.6 Å². The molecule has 0 aliphatic carbocycles. The third kappa shape index (κ3) is 15.6. The van der Waals surface area contributed by atoms with Gasteiger partial charge < -0.3 is 14.2 Å². The van der Waals surface area contributed by atoms with Crippen LogP contribution in [0.5, 0.6) is 0 Å². The average Bonchev–Trinajstić information content (AvgIpc) is 2.54. The summed E-state index contributed by atoms with van der Waals surface area (Å²) in [6.45, 7) is 5.81. The molecule has 0 aromatic carbocycles. The van der Waals surface area contributed by atoms with Crippen LogP contribution in [-0.2, 0) is 23.8 Å². The van der Waals surface area contributed by atoms with Gasteiger partial charge >= 0.3 is 11.9 Å². The lowest BCUT2D eigenvalue weighted by Crippen LogP contribution is -2.13. The van der Waals surface area contributed by atoms with Gasteiger partial charge in [0.2, 0.25) is 0 Å². The Labute approximate surface area is 141 Å². The van der Waals surface area contributed by atoms with Gasteiger partial charge in [0.25, 0.3) is 0 Å². The number of methoxy groups -OCH3 is 1. The largest absolute Gasteiger partial charge is 0.466 e. The number of unbranched alkanes of at least 4 members (excludes halogenated alkanes) is 4. The van der Waals surface area contributed by atoms with Crippen molar-refractivity contribution in [3.05, 3.63) is 0 Å². The van der Waals surface area contributed by atoms with Gasteiger partial charge in [-0.05, 0) is 31.6 Å². The van der Waals surface area contributed by atoms with E-state index >= 15 is 0 Å². The molecule has 0 aromatic heterocycles. The molecular formula is C18H34O5. The number of carbonyl (C=O) groups excluding carboxylic acids is 2. The van der Waals surface area contributed by atoms with Crippen LogP contribution in [-0.4, -0.2) is 38.9 Å². The van der Waals surface area contributed by atoms with Gasteiger partial charge in [0.15, 0.2) is 0 Å². The van der Waals surface area contributed by atoms with Gasteiger partial charge in [0, 0.05) is 26.6 Å². The van der Waals surface area contributed by atoms with Crippen molar-refractivity contribution in [2.24, 2.45) is 5.92 Å². The van der Waals surface area contributed by atoms with Gasteiger partial charge in [-0.15, -0.1) is 0 Å². The van der Waals surface area contributed by atoms with Gasteiger partial charge in [0.05, 0.1) is 13.2 Å². The first-order valence-corrected chi connectivity index (χ1v) is 8.90. The van der Waals surface area contributed by atoms with Gasteiger partial charge in [-0.3, -0.25) is 9.59 Å². The van der Waals surface area contributed by atoms with E-state index < -0.39 is 0 Å². The maximum atomic E-state index is 11.6. The average molecular weight is 330 g/mol. The van der Waals surface area contributed by atoms with Crippen molar-refractivity contribution in [3.8, 4) is 0 Å². The Hall–Kier alpha value is -1.10. The van der Waals surface area contributed by atoms with Gasteiger partial charge in [-0.2, -0.15) is 0 Å². The first-order chi connectivity index (χ1) is 11.1. The van der Waals surface area contributed by atoms with Crippen LogP contribution in [0.25, 0.3) is 0 Å². The lowest BCUT2D eigenvalue weighted by molar-refractivity contribution is -0.146. The Balaban J connectivity index is 3.45. The summed E-state index contributed by atoms with van der Waals surface area (Å²) in [5.41, 5.74) is 0. The maximum Gasteiger partial charge on any atom is 0.305 e. The summed E-state index contributed by atoms with van der Waals surface area (Å²) in [6, 6.07) is 0. The highest BCUT2D eigenvalue weighted by Crippen LogP contribution is 2.07. The van der Waals surface area contributed by atoms with Crippen LogP contribution in [0.15, 0.2) is 0 Å². The SMILES string of the molecule is CCCCCCOC(=O)CCCCC(=O)OCC(C)CCOC. The molecule has 23 heavy (non-hydrogen) atoms. The summed E-state index contributed by atoms with van der Waals surface area (Å²) >= 11 is 0. The Kier molecular flexibility index (Phi) is 15.0. The minimum absolute atomic E-state index is 0.164. The molecule has 0 heterocycles. The number of esters is 2. The predicted octanol–water partition coefficient (Wildman–Crippen LogP) is 3.89. The molecule has 0 N–H and O–H groups in total. The lowest BCUT2D eigenvalue weighted by atomic mass is 10.1. The molecule has 136 valence electrons. The second-order valence-corrected chi connectivity index (χ2v) is 6.06. The molecule has 0 rings (SSSR count). The summed E-state index contributed by atoms with van der Waals surface area (Å²) in [5, 5.41) is 0. The molecule has 0 aromatic rings. The van der Waals surface area contributed by atoms with Crippen molar-refractivity contribution < 1.29 is 23.8 Å². The van der Waals surface area contributed by atoms with E-state index in [1.54, 1.807) is 7.11 Å². The molecule has 0 fully saturated rings. The lowest BCUT2D eigenvalue weighted by Gasteiger charge is -2.11. The third-order valence-corrected chi connectivity index (χ3v) is 3.62. The molecule has 0 saturated carbocycles. The van der Waals surface area contributed by atoms with E-state index in [0.29, 0.717) is 51.4 Å². The Bertz CT molecular complexity index is 304.